The zero-order valence-corrected chi connectivity index (χ0v) is 27.3. The Morgan fingerprint density at radius 1 is 0.953 bits per heavy atom. The van der Waals surface area contributed by atoms with Gasteiger partial charge in [-0.1, -0.05) is 81.4 Å². The van der Waals surface area contributed by atoms with E-state index in [-0.39, 0.29) is 5.78 Å². The minimum atomic E-state index is -5.18. The Hall–Kier alpha value is -2.96. The molecule has 13 heteroatoms. The third-order valence-corrected chi connectivity index (χ3v) is 13.3. The van der Waals surface area contributed by atoms with Gasteiger partial charge in [-0.3, -0.25) is 23.8 Å². The van der Waals surface area contributed by atoms with Crippen molar-refractivity contribution in [1.29, 1.82) is 0 Å². The minimum Gasteiger partial charge on any atom is -0.447 e. The predicted octanol–water partition coefficient (Wildman–Crippen LogP) is 2.69. The Labute approximate surface area is 253 Å². The van der Waals surface area contributed by atoms with Crippen molar-refractivity contribution in [3.8, 4) is 0 Å². The lowest BCUT2D eigenvalue weighted by molar-refractivity contribution is -0.158. The SMILES string of the molecule is CO[C@@H]1[C@H](O[Si](c2ccccc2)(c2ccccc2)C(C)(C)C)[C@@H](C(OC(C)=O)P(=O)(O)O)O[C@H]1N(/C=C\C(C)=O)C(C)=O. The van der Waals surface area contributed by atoms with Crippen LogP contribution in [0.15, 0.2) is 72.9 Å². The van der Waals surface area contributed by atoms with E-state index in [1.165, 1.54) is 27.2 Å². The summed E-state index contributed by atoms with van der Waals surface area (Å²) in [4.78, 5) is 58.6. The van der Waals surface area contributed by atoms with Gasteiger partial charge < -0.3 is 28.4 Å². The summed E-state index contributed by atoms with van der Waals surface area (Å²) in [6.45, 7) is 9.64. The standard InChI is InChI=1S/C30H40NO10PSi/c1-20(32)18-19-31(21(2)33)28-26(38-7)25(27(40-28)29(39-22(3)34)42(35,36)37)41-43(30(4,5)6,23-14-10-8-11-15-23)24-16-12-9-13-17-24/h8-19,25-29H,1-7H3,(H2,35,36,37)/b19-18-/t25-,26+,27-,28+,29?/m0/s1. The van der Waals surface area contributed by atoms with E-state index in [2.05, 4.69) is 0 Å². The molecule has 1 unspecified atom stereocenters. The van der Waals surface area contributed by atoms with Gasteiger partial charge in [-0.25, -0.2) is 0 Å². The summed E-state index contributed by atoms with van der Waals surface area (Å²) >= 11 is 0. The molecule has 3 rings (SSSR count). The van der Waals surface area contributed by atoms with Crippen molar-refractivity contribution in [2.24, 2.45) is 0 Å². The number of methoxy groups -OCH3 is 1. The lowest BCUT2D eigenvalue weighted by atomic mass is 10.1. The Balaban J connectivity index is 2.34. The summed E-state index contributed by atoms with van der Waals surface area (Å²) in [5.74, 6) is -3.91. The summed E-state index contributed by atoms with van der Waals surface area (Å²) in [7, 11) is -7.24. The van der Waals surface area contributed by atoms with Crippen LogP contribution in [0.4, 0.5) is 0 Å². The van der Waals surface area contributed by atoms with Crippen molar-refractivity contribution in [1.82, 2.24) is 4.90 Å². The van der Waals surface area contributed by atoms with Crippen molar-refractivity contribution in [2.45, 2.75) is 77.0 Å². The zero-order valence-electron chi connectivity index (χ0n) is 25.4. The second-order valence-corrected chi connectivity index (χ2v) is 17.3. The highest BCUT2D eigenvalue weighted by Gasteiger charge is 2.61. The molecule has 1 amide bonds. The third kappa shape index (κ3) is 7.58. The molecule has 5 atom stereocenters. The maximum Gasteiger partial charge on any atom is 0.368 e. The van der Waals surface area contributed by atoms with Crippen LogP contribution in [-0.2, 0) is 37.6 Å². The number of benzene rings is 2. The molecule has 0 radical (unpaired) electrons. The average Bonchev–Trinajstić information content (AvgIpc) is 3.26. The highest BCUT2D eigenvalue weighted by Crippen LogP contribution is 2.50. The number of hydrogen-bond donors (Lipinski definition) is 2. The van der Waals surface area contributed by atoms with E-state index < -0.39 is 63.2 Å². The number of esters is 1. The molecular weight excluding hydrogens is 593 g/mol. The third-order valence-electron chi connectivity index (χ3n) is 7.23. The van der Waals surface area contributed by atoms with Crippen LogP contribution in [0.1, 0.15) is 41.5 Å². The van der Waals surface area contributed by atoms with Crippen LogP contribution in [0.2, 0.25) is 5.04 Å². The number of ether oxygens (including phenoxy) is 3. The lowest BCUT2D eigenvalue weighted by Crippen LogP contribution is -2.69. The fourth-order valence-corrected chi connectivity index (χ4v) is 11.0. The predicted molar refractivity (Wildman–Crippen MR) is 162 cm³/mol. The number of carbonyl (C=O) groups excluding carboxylic acids is 3. The topological polar surface area (TPSA) is 149 Å². The van der Waals surface area contributed by atoms with Gasteiger partial charge in [-0.2, -0.15) is 0 Å². The molecule has 11 nitrogen and oxygen atoms in total. The smallest absolute Gasteiger partial charge is 0.368 e. The summed E-state index contributed by atoms with van der Waals surface area (Å²) < 4.78 is 37.3. The van der Waals surface area contributed by atoms with Crippen LogP contribution in [0, 0.1) is 0 Å². The first kappa shape index (κ1) is 34.5. The number of allylic oxidation sites excluding steroid dienone is 1. The fourth-order valence-electron chi connectivity index (χ4n) is 5.45. The first-order chi connectivity index (χ1) is 20.0. The van der Waals surface area contributed by atoms with Crippen molar-refractivity contribution >= 4 is 43.9 Å². The van der Waals surface area contributed by atoms with Crippen molar-refractivity contribution < 1.29 is 47.4 Å². The highest BCUT2D eigenvalue weighted by atomic mass is 31.2. The molecule has 2 aromatic rings. The summed E-state index contributed by atoms with van der Waals surface area (Å²) in [5, 5.41) is 1.17. The van der Waals surface area contributed by atoms with Gasteiger partial charge in [0.2, 0.25) is 11.8 Å². The minimum absolute atomic E-state index is 0.345. The first-order valence-electron chi connectivity index (χ1n) is 13.7. The molecule has 0 saturated carbocycles. The van der Waals surface area contributed by atoms with E-state index in [0.29, 0.717) is 0 Å². The highest BCUT2D eigenvalue weighted by molar-refractivity contribution is 7.52. The summed E-state index contributed by atoms with van der Waals surface area (Å²) in [6, 6.07) is 19.1. The molecule has 0 spiro atoms. The van der Waals surface area contributed by atoms with Gasteiger partial charge >= 0.3 is 13.6 Å². The Morgan fingerprint density at radius 2 is 1.47 bits per heavy atom. The fraction of sp³-hybridized carbons (Fsp3) is 0.433. The molecule has 0 aromatic heterocycles. The van der Waals surface area contributed by atoms with E-state index in [0.717, 1.165) is 28.3 Å². The zero-order chi connectivity index (χ0) is 32.2. The van der Waals surface area contributed by atoms with E-state index >= 15 is 0 Å². The van der Waals surface area contributed by atoms with E-state index in [9.17, 15) is 28.7 Å². The normalized spacial score (nSPS) is 21.9. The molecular formula is C30H40NO10PSi. The first-order valence-corrected chi connectivity index (χ1v) is 17.3. The van der Waals surface area contributed by atoms with Gasteiger partial charge in [-0.05, 0) is 28.4 Å². The maximum absolute atomic E-state index is 12.8. The van der Waals surface area contributed by atoms with Crippen LogP contribution in [0.3, 0.4) is 0 Å². The number of ketones is 1. The monoisotopic (exact) mass is 633 g/mol. The molecule has 2 N–H and O–H groups in total. The van der Waals surface area contributed by atoms with Crippen LogP contribution in [-0.4, -0.2) is 78.2 Å². The maximum atomic E-state index is 12.8. The second kappa shape index (κ2) is 13.8. The molecule has 1 aliphatic rings. The summed E-state index contributed by atoms with van der Waals surface area (Å²) in [5.41, 5.74) is 0. The van der Waals surface area contributed by atoms with E-state index in [1.54, 1.807) is 0 Å². The Bertz CT molecular complexity index is 1320. The van der Waals surface area contributed by atoms with Crippen molar-refractivity contribution in [3.63, 3.8) is 0 Å². The molecule has 43 heavy (non-hydrogen) atoms. The Kier molecular flexibility index (Phi) is 11.1. The second-order valence-electron chi connectivity index (χ2n) is 11.4. The van der Waals surface area contributed by atoms with Crippen molar-refractivity contribution in [3.05, 3.63) is 72.9 Å². The molecule has 1 saturated heterocycles. The lowest BCUT2D eigenvalue weighted by Gasteiger charge is -2.46. The van der Waals surface area contributed by atoms with Gasteiger partial charge in [0.05, 0.1) is 0 Å². The van der Waals surface area contributed by atoms with Crippen LogP contribution < -0.4 is 10.4 Å². The molecule has 0 aliphatic carbocycles. The van der Waals surface area contributed by atoms with Gasteiger partial charge in [0.15, 0.2) is 12.0 Å². The van der Waals surface area contributed by atoms with Gasteiger partial charge in [0.25, 0.3) is 8.32 Å². The average molecular weight is 634 g/mol. The quantitative estimate of drug-likeness (QED) is 0.164. The largest absolute Gasteiger partial charge is 0.447 e. The molecule has 0 bridgehead atoms. The summed E-state index contributed by atoms with van der Waals surface area (Å²) in [6.07, 6.45) is -2.87. The molecule has 2 aromatic carbocycles. The number of nitrogens with zero attached hydrogens (tertiary/aromatic N) is 1. The molecule has 1 heterocycles. The molecule has 234 valence electrons. The number of amides is 1. The van der Waals surface area contributed by atoms with E-state index in [1.807, 2.05) is 81.4 Å². The van der Waals surface area contributed by atoms with Crippen LogP contribution in [0.5, 0.6) is 0 Å². The van der Waals surface area contributed by atoms with E-state index in [4.69, 9.17) is 18.6 Å². The Morgan fingerprint density at radius 3 is 1.84 bits per heavy atom. The van der Waals surface area contributed by atoms with Crippen LogP contribution in [0.25, 0.3) is 0 Å². The van der Waals surface area contributed by atoms with Gasteiger partial charge in [-0.15, -0.1) is 0 Å². The number of rotatable bonds is 11. The van der Waals surface area contributed by atoms with Gasteiger partial charge in [0, 0.05) is 27.2 Å². The van der Waals surface area contributed by atoms with Gasteiger partial charge in [0.1, 0.15) is 18.3 Å². The molecule has 1 aliphatic heterocycles. The van der Waals surface area contributed by atoms with Crippen molar-refractivity contribution in [2.75, 3.05) is 7.11 Å². The number of carbonyl (C=O) groups is 3. The van der Waals surface area contributed by atoms with Crippen LogP contribution >= 0.6 is 7.60 Å². The number of hydrogen-bond acceptors (Lipinski definition) is 8. The molecule has 1 fully saturated rings.